The molecule has 1 saturated carbocycles. The van der Waals surface area contributed by atoms with Crippen molar-refractivity contribution >= 4 is 29.1 Å². The number of rotatable bonds is 6. The van der Waals surface area contributed by atoms with E-state index in [0.29, 0.717) is 30.4 Å². The summed E-state index contributed by atoms with van der Waals surface area (Å²) in [6.45, 7) is 1.20. The predicted octanol–water partition coefficient (Wildman–Crippen LogP) is 3.85. The van der Waals surface area contributed by atoms with Crippen LogP contribution in [0.4, 0.5) is 0 Å². The SMILES string of the molecule is COCCn1c(S[C@@H]2CCCCC2=O)nnc1-c1ccc(Cl)cc1. The van der Waals surface area contributed by atoms with Crippen molar-refractivity contribution in [1.82, 2.24) is 14.8 Å². The molecule has 128 valence electrons. The highest BCUT2D eigenvalue weighted by atomic mass is 35.5. The van der Waals surface area contributed by atoms with Gasteiger partial charge in [0.2, 0.25) is 0 Å². The van der Waals surface area contributed by atoms with Crippen molar-refractivity contribution in [3.63, 3.8) is 0 Å². The van der Waals surface area contributed by atoms with Gasteiger partial charge in [-0.05, 0) is 37.1 Å². The van der Waals surface area contributed by atoms with E-state index in [1.807, 2.05) is 28.8 Å². The van der Waals surface area contributed by atoms with Gasteiger partial charge in [0.05, 0.1) is 18.4 Å². The summed E-state index contributed by atoms with van der Waals surface area (Å²) in [6.07, 6.45) is 3.69. The highest BCUT2D eigenvalue weighted by Crippen LogP contribution is 2.32. The fraction of sp³-hybridized carbons (Fsp3) is 0.471. The van der Waals surface area contributed by atoms with Crippen LogP contribution in [0.2, 0.25) is 5.02 Å². The van der Waals surface area contributed by atoms with Gasteiger partial charge >= 0.3 is 0 Å². The number of carbonyl (C=O) groups excluding carboxylic acids is 1. The Morgan fingerprint density at radius 2 is 2.08 bits per heavy atom. The summed E-state index contributed by atoms with van der Waals surface area (Å²) in [5.41, 5.74) is 0.949. The van der Waals surface area contributed by atoms with Gasteiger partial charge in [-0.3, -0.25) is 9.36 Å². The summed E-state index contributed by atoms with van der Waals surface area (Å²) in [4.78, 5) is 12.1. The molecule has 0 unspecified atom stereocenters. The number of methoxy groups -OCH3 is 1. The monoisotopic (exact) mass is 365 g/mol. The van der Waals surface area contributed by atoms with Gasteiger partial charge in [0.15, 0.2) is 11.0 Å². The van der Waals surface area contributed by atoms with Crippen LogP contribution in [0.15, 0.2) is 29.4 Å². The van der Waals surface area contributed by atoms with Gasteiger partial charge in [-0.1, -0.05) is 29.8 Å². The molecule has 1 aliphatic rings. The minimum absolute atomic E-state index is 0.0117. The van der Waals surface area contributed by atoms with Crippen LogP contribution < -0.4 is 0 Å². The van der Waals surface area contributed by atoms with Crippen LogP contribution in [-0.4, -0.2) is 39.5 Å². The summed E-state index contributed by atoms with van der Waals surface area (Å²) in [5, 5.41) is 10.1. The summed E-state index contributed by atoms with van der Waals surface area (Å²) >= 11 is 7.49. The van der Waals surface area contributed by atoms with Gasteiger partial charge in [-0.25, -0.2) is 0 Å². The third kappa shape index (κ3) is 3.99. The van der Waals surface area contributed by atoms with Gasteiger partial charge in [0.25, 0.3) is 0 Å². The zero-order valence-corrected chi connectivity index (χ0v) is 15.1. The Hall–Kier alpha value is -1.37. The van der Waals surface area contributed by atoms with Crippen LogP contribution in [0, 0.1) is 0 Å². The second-order valence-electron chi connectivity index (χ2n) is 5.78. The minimum Gasteiger partial charge on any atom is -0.383 e. The molecule has 7 heteroatoms. The molecular formula is C17H20ClN3O2S. The Balaban J connectivity index is 1.88. The first-order valence-electron chi connectivity index (χ1n) is 8.06. The molecule has 1 heterocycles. The van der Waals surface area contributed by atoms with Crippen molar-refractivity contribution in [2.45, 2.75) is 42.6 Å². The first-order valence-corrected chi connectivity index (χ1v) is 9.32. The van der Waals surface area contributed by atoms with E-state index >= 15 is 0 Å². The van der Waals surface area contributed by atoms with Crippen molar-refractivity contribution in [2.75, 3.05) is 13.7 Å². The first-order chi connectivity index (χ1) is 11.7. The Morgan fingerprint density at radius 1 is 1.29 bits per heavy atom. The van der Waals surface area contributed by atoms with Crippen molar-refractivity contribution in [2.24, 2.45) is 0 Å². The molecule has 2 aromatic rings. The second-order valence-corrected chi connectivity index (χ2v) is 7.38. The highest BCUT2D eigenvalue weighted by molar-refractivity contribution is 8.00. The molecule has 1 fully saturated rings. The summed E-state index contributed by atoms with van der Waals surface area (Å²) < 4.78 is 7.24. The van der Waals surface area contributed by atoms with Crippen LogP contribution in [0.25, 0.3) is 11.4 Å². The molecule has 0 saturated heterocycles. The number of aromatic nitrogens is 3. The highest BCUT2D eigenvalue weighted by Gasteiger charge is 2.26. The van der Waals surface area contributed by atoms with Crippen molar-refractivity contribution in [3.05, 3.63) is 29.3 Å². The van der Waals surface area contributed by atoms with Crippen LogP contribution in [0.3, 0.4) is 0 Å². The van der Waals surface area contributed by atoms with E-state index in [9.17, 15) is 4.79 Å². The maximum Gasteiger partial charge on any atom is 0.192 e. The zero-order chi connectivity index (χ0) is 16.9. The van der Waals surface area contributed by atoms with Gasteiger partial charge in [0.1, 0.15) is 5.78 Å². The van der Waals surface area contributed by atoms with E-state index in [2.05, 4.69) is 10.2 Å². The average molecular weight is 366 g/mol. The van der Waals surface area contributed by atoms with E-state index in [4.69, 9.17) is 16.3 Å². The standard InChI is InChI=1S/C17H20ClN3O2S/c1-23-11-10-21-16(12-6-8-13(18)9-7-12)19-20-17(21)24-15-5-3-2-4-14(15)22/h6-9,15H,2-5,10-11H2,1H3/t15-/m1/s1. The van der Waals surface area contributed by atoms with Gasteiger partial charge in [0, 0.05) is 24.1 Å². The smallest absolute Gasteiger partial charge is 0.192 e. The molecule has 0 N–H and O–H groups in total. The molecule has 0 bridgehead atoms. The van der Waals surface area contributed by atoms with E-state index in [1.165, 1.54) is 11.8 Å². The van der Waals surface area contributed by atoms with Crippen LogP contribution >= 0.6 is 23.4 Å². The number of hydrogen-bond donors (Lipinski definition) is 0. The molecular weight excluding hydrogens is 346 g/mol. The number of hydrogen-bond acceptors (Lipinski definition) is 5. The lowest BCUT2D eigenvalue weighted by Gasteiger charge is -2.19. The normalized spacial score (nSPS) is 18.1. The molecule has 0 radical (unpaired) electrons. The lowest BCUT2D eigenvalue weighted by Crippen LogP contribution is -2.22. The topological polar surface area (TPSA) is 57.0 Å². The Bertz CT molecular complexity index is 702. The molecule has 0 amide bonds. The Morgan fingerprint density at radius 3 is 2.79 bits per heavy atom. The fourth-order valence-electron chi connectivity index (χ4n) is 2.78. The minimum atomic E-state index is -0.0117. The summed E-state index contributed by atoms with van der Waals surface area (Å²) in [6, 6.07) is 7.53. The molecule has 24 heavy (non-hydrogen) atoms. The van der Waals surface area contributed by atoms with Crippen molar-refractivity contribution < 1.29 is 9.53 Å². The molecule has 1 aromatic carbocycles. The number of nitrogens with zero attached hydrogens (tertiary/aromatic N) is 3. The van der Waals surface area contributed by atoms with Crippen LogP contribution in [0.5, 0.6) is 0 Å². The van der Waals surface area contributed by atoms with E-state index in [1.54, 1.807) is 7.11 Å². The molecule has 0 aliphatic heterocycles. The number of ketones is 1. The van der Waals surface area contributed by atoms with E-state index in [-0.39, 0.29) is 5.25 Å². The molecule has 3 rings (SSSR count). The lowest BCUT2D eigenvalue weighted by molar-refractivity contribution is -0.119. The maximum atomic E-state index is 12.1. The van der Waals surface area contributed by atoms with Gasteiger partial charge in [-0.2, -0.15) is 0 Å². The van der Waals surface area contributed by atoms with Crippen molar-refractivity contribution in [1.29, 1.82) is 0 Å². The average Bonchev–Trinajstić information content (AvgIpc) is 2.98. The number of halogens is 1. The Kier molecular flexibility index (Phi) is 5.92. The number of thioether (sulfide) groups is 1. The third-order valence-corrected chi connectivity index (χ3v) is 5.63. The zero-order valence-electron chi connectivity index (χ0n) is 13.6. The Labute approximate surface area is 150 Å². The quantitative estimate of drug-likeness (QED) is 0.778. The number of Topliss-reactive ketones (excluding diaryl/α,β-unsaturated/α-hetero) is 1. The molecule has 0 spiro atoms. The van der Waals surface area contributed by atoms with E-state index < -0.39 is 0 Å². The molecule has 5 nitrogen and oxygen atoms in total. The van der Waals surface area contributed by atoms with Crippen LogP contribution in [0.1, 0.15) is 25.7 Å². The number of benzene rings is 1. The first kappa shape index (κ1) is 17.5. The van der Waals surface area contributed by atoms with Crippen LogP contribution in [-0.2, 0) is 16.1 Å². The second kappa shape index (κ2) is 8.14. The largest absolute Gasteiger partial charge is 0.383 e. The third-order valence-electron chi connectivity index (χ3n) is 4.08. The molecule has 1 aromatic heterocycles. The summed E-state index contributed by atoms with van der Waals surface area (Å²) in [5.74, 6) is 1.09. The number of ether oxygens (including phenoxy) is 1. The maximum absolute atomic E-state index is 12.1. The van der Waals surface area contributed by atoms with E-state index in [0.717, 1.165) is 35.8 Å². The number of carbonyl (C=O) groups is 1. The predicted molar refractivity (Wildman–Crippen MR) is 95.5 cm³/mol. The van der Waals surface area contributed by atoms with Gasteiger partial charge < -0.3 is 4.74 Å². The molecule has 1 aliphatic carbocycles. The van der Waals surface area contributed by atoms with Crippen molar-refractivity contribution in [3.8, 4) is 11.4 Å². The van der Waals surface area contributed by atoms with Gasteiger partial charge in [-0.15, -0.1) is 10.2 Å². The lowest BCUT2D eigenvalue weighted by atomic mass is 9.99. The summed E-state index contributed by atoms with van der Waals surface area (Å²) in [7, 11) is 1.67. The molecule has 1 atom stereocenters. The fourth-order valence-corrected chi connectivity index (χ4v) is 4.08.